The maximum atomic E-state index is 11.2. The second-order valence-corrected chi connectivity index (χ2v) is 22.3. The van der Waals surface area contributed by atoms with E-state index in [1.54, 1.807) is 6.92 Å². The molecular weight excluding hydrogens is 999 g/mol. The van der Waals surface area contributed by atoms with Crippen molar-refractivity contribution in [1.29, 1.82) is 0 Å². The van der Waals surface area contributed by atoms with Crippen LogP contribution in [0.5, 0.6) is 0 Å². The van der Waals surface area contributed by atoms with Gasteiger partial charge in [0.2, 0.25) is 0 Å². The molecule has 2 fully saturated rings. The van der Waals surface area contributed by atoms with E-state index in [9.17, 15) is 24.0 Å². The van der Waals surface area contributed by atoms with Gasteiger partial charge in [-0.1, -0.05) is 62.4 Å². The van der Waals surface area contributed by atoms with Gasteiger partial charge in [-0.2, -0.15) is 0 Å². The lowest BCUT2D eigenvalue weighted by atomic mass is 9.90. The Kier molecular flexibility index (Phi) is 48.8. The molecule has 5 amide bonds. The number of hydrogen-bond acceptors (Lipinski definition) is 14. The molecule has 3 rings (SSSR count). The minimum absolute atomic E-state index is 0.0370. The zero-order chi connectivity index (χ0) is 60.8. The molecule has 2 saturated carbocycles. The van der Waals surface area contributed by atoms with Crippen LogP contribution in [0.3, 0.4) is 0 Å². The second-order valence-electron chi connectivity index (χ2n) is 22.3. The zero-order valence-electron chi connectivity index (χ0n) is 52.2. The smallest absolute Gasteiger partial charge is 0.407 e. The van der Waals surface area contributed by atoms with Crippen molar-refractivity contribution in [3.8, 4) is 0 Å². The Morgan fingerprint density at radius 2 is 0.859 bits per heavy atom. The lowest BCUT2D eigenvalue weighted by molar-refractivity contribution is 0.0512. The molecule has 0 aliphatic heterocycles. The molecular formula is C59H113N7O12. The molecule has 0 bridgehead atoms. The largest absolute Gasteiger partial charge is 0.495 e. The van der Waals surface area contributed by atoms with Gasteiger partial charge in [-0.05, 0) is 195 Å². The minimum atomic E-state index is -0.404. The summed E-state index contributed by atoms with van der Waals surface area (Å²) in [5.41, 5.74) is 0.588. The van der Waals surface area contributed by atoms with E-state index >= 15 is 0 Å². The molecule has 78 heavy (non-hydrogen) atoms. The Morgan fingerprint density at radius 3 is 1.22 bits per heavy atom. The molecule has 0 heterocycles. The van der Waals surface area contributed by atoms with Crippen LogP contribution in [0.2, 0.25) is 0 Å². The number of aliphatic hydroxyl groups is 1. The Balaban J connectivity index is -0.000000414. The summed E-state index contributed by atoms with van der Waals surface area (Å²) in [6, 6.07) is 11.0. The van der Waals surface area contributed by atoms with Gasteiger partial charge < -0.3 is 70.7 Å². The second kappa shape index (κ2) is 48.4. The predicted octanol–water partition coefficient (Wildman–Crippen LogP) is 13.3. The third-order valence-corrected chi connectivity index (χ3v) is 9.31. The van der Waals surface area contributed by atoms with Crippen LogP contribution in [-0.2, 0) is 35.0 Å². The van der Waals surface area contributed by atoms with Crippen LogP contribution in [0.1, 0.15) is 202 Å². The monoisotopic (exact) mass is 1110 g/mol. The highest BCUT2D eigenvalue weighted by atomic mass is 16.6. The zero-order valence-corrected chi connectivity index (χ0v) is 52.2. The van der Waals surface area contributed by atoms with Gasteiger partial charge in [0.1, 0.15) is 12.2 Å². The number of aliphatic hydroxyl groups excluding tert-OH is 1. The number of amides is 5. The summed E-state index contributed by atoms with van der Waals surface area (Å²) in [5, 5.41) is 27.4. The summed E-state index contributed by atoms with van der Waals surface area (Å²) in [6.45, 7) is 47.2. The van der Waals surface area contributed by atoms with Crippen molar-refractivity contribution in [2.45, 2.75) is 257 Å². The molecule has 0 spiro atoms. The van der Waals surface area contributed by atoms with Gasteiger partial charge in [-0.3, -0.25) is 0 Å². The summed E-state index contributed by atoms with van der Waals surface area (Å²) >= 11 is 0. The molecule has 0 aromatic heterocycles. The quantitative estimate of drug-likeness (QED) is 0.0504. The van der Waals surface area contributed by atoms with Crippen LogP contribution in [0, 0.1) is 11.8 Å². The van der Waals surface area contributed by atoms with Crippen LogP contribution >= 0.6 is 0 Å². The highest BCUT2D eigenvalue weighted by Crippen LogP contribution is 2.25. The predicted molar refractivity (Wildman–Crippen MR) is 316 cm³/mol. The third-order valence-electron chi connectivity index (χ3n) is 9.31. The van der Waals surface area contributed by atoms with Crippen LogP contribution in [0.4, 0.5) is 24.0 Å². The van der Waals surface area contributed by atoms with Crippen LogP contribution in [0.15, 0.2) is 55.3 Å². The molecule has 0 saturated heterocycles. The lowest BCUT2D eigenvalue weighted by Gasteiger charge is -2.21. The standard InChI is InChI=1S/C11H21NO2.C11H15NO2.C11H21NO.C8H17NO2.C7H15NO2.C6H13NO2.C5H11NO/c2*1-9(2)12-11(13)14-8-10-6-4-3-5-7-10;1-9(2)12-10(3)13-8-11-6-4-5-7-11;1-6(2)9-7(10)11-8(3,4)5;1-5(2)8-7(9)10-6(3)4;1-4-9-6(8)7-5(2)3;1-4(2)6-5(3)7/h9-10H,3-8H2,1-2H3,(H,12,13);3-7,9H,8H2,1-2H3,(H,12,13);9,11-12H,3-8H2,1-2H3;6H,1-5H3,(H,9,10);5-6H,1-4H3,(H,8,9);5H,4H2,1-3H3,(H,7,8);4,6-7H,3H2,1-2H3. The van der Waals surface area contributed by atoms with Crippen molar-refractivity contribution >= 4 is 30.5 Å². The summed E-state index contributed by atoms with van der Waals surface area (Å²) in [6.07, 6.45) is 10.0. The first-order valence-corrected chi connectivity index (χ1v) is 28.2. The van der Waals surface area contributed by atoms with E-state index in [1.165, 1.54) is 57.8 Å². The molecule has 2 aliphatic carbocycles. The SMILES string of the molecule is C=C(NC(C)C)OCC1CCCC1.C=C(O)NC(C)C.CC(C)NC(=O)OC(C)(C)C.CC(C)NC(=O)OC(C)C.CC(C)NC(=O)OCC1CCCCC1.CC(C)NC(=O)OCc1ccccc1.CCOC(=O)NC(C)C. The number of rotatable bonds is 18. The van der Waals surface area contributed by atoms with Gasteiger partial charge in [-0.15, -0.1) is 0 Å². The number of ether oxygens (including phenoxy) is 6. The first-order chi connectivity index (χ1) is 36.2. The highest BCUT2D eigenvalue weighted by molar-refractivity contribution is 5.69. The van der Waals surface area contributed by atoms with Gasteiger partial charge in [0, 0.05) is 42.3 Å². The molecule has 19 heteroatoms. The molecule has 1 aromatic rings. The Bertz CT molecular complexity index is 1680. The van der Waals surface area contributed by atoms with Crippen molar-refractivity contribution in [2.24, 2.45) is 11.8 Å². The Morgan fingerprint density at radius 1 is 0.500 bits per heavy atom. The van der Waals surface area contributed by atoms with E-state index in [0.29, 0.717) is 31.8 Å². The maximum absolute atomic E-state index is 11.2. The third kappa shape index (κ3) is 64.5. The number of carbonyl (C=O) groups excluding carboxylic acids is 5. The van der Waals surface area contributed by atoms with Gasteiger partial charge >= 0.3 is 30.5 Å². The maximum Gasteiger partial charge on any atom is 0.407 e. The lowest BCUT2D eigenvalue weighted by Crippen LogP contribution is -2.36. The van der Waals surface area contributed by atoms with E-state index in [4.69, 9.17) is 28.8 Å². The fourth-order valence-electron chi connectivity index (χ4n) is 6.35. The minimum Gasteiger partial charge on any atom is -0.495 e. The molecule has 2 aliphatic rings. The molecule has 0 radical (unpaired) electrons. The molecule has 1 aromatic carbocycles. The topological polar surface area (TPSA) is 245 Å². The Labute approximate surface area is 473 Å². The number of carbonyl (C=O) groups is 5. The number of nitrogens with one attached hydrogen (secondary N) is 7. The van der Waals surface area contributed by atoms with E-state index in [2.05, 4.69) is 69.0 Å². The normalized spacial score (nSPS) is 12.8. The van der Waals surface area contributed by atoms with E-state index in [0.717, 1.165) is 24.0 Å². The molecule has 456 valence electrons. The van der Waals surface area contributed by atoms with Gasteiger partial charge in [-0.25, -0.2) is 24.0 Å². The Hall–Kier alpha value is -5.75. The van der Waals surface area contributed by atoms with Gasteiger partial charge in [0.05, 0.1) is 25.9 Å². The molecule has 0 unspecified atom stereocenters. The summed E-state index contributed by atoms with van der Waals surface area (Å²) < 4.78 is 30.1. The van der Waals surface area contributed by atoms with Gasteiger partial charge in [0.25, 0.3) is 0 Å². The van der Waals surface area contributed by atoms with Crippen molar-refractivity contribution in [3.63, 3.8) is 0 Å². The van der Waals surface area contributed by atoms with Crippen molar-refractivity contribution in [1.82, 2.24) is 37.2 Å². The molecule has 0 atom stereocenters. The van der Waals surface area contributed by atoms with Crippen molar-refractivity contribution < 1.29 is 57.5 Å². The van der Waals surface area contributed by atoms with E-state index in [1.807, 2.05) is 148 Å². The first-order valence-electron chi connectivity index (χ1n) is 28.2. The van der Waals surface area contributed by atoms with E-state index < -0.39 is 5.60 Å². The van der Waals surface area contributed by atoms with Crippen LogP contribution in [-0.4, -0.2) is 109 Å². The summed E-state index contributed by atoms with van der Waals surface area (Å²) in [4.78, 5) is 54.4. The average Bonchev–Trinajstić information content (AvgIpc) is 3.80. The van der Waals surface area contributed by atoms with Crippen molar-refractivity contribution in [3.05, 3.63) is 60.8 Å². The fourth-order valence-corrected chi connectivity index (χ4v) is 6.35. The average molecular weight is 1110 g/mol. The highest BCUT2D eigenvalue weighted by Gasteiger charge is 2.18. The number of hydrogen-bond donors (Lipinski definition) is 8. The van der Waals surface area contributed by atoms with Crippen LogP contribution < -0.4 is 37.2 Å². The first kappa shape index (κ1) is 78.7. The molecule has 8 N–H and O–H groups in total. The fraction of sp³-hybridized carbons (Fsp3) is 0.746. The van der Waals surface area contributed by atoms with Gasteiger partial charge in [0.15, 0.2) is 11.8 Å². The van der Waals surface area contributed by atoms with E-state index in [-0.39, 0.29) is 78.7 Å². The summed E-state index contributed by atoms with van der Waals surface area (Å²) in [5.74, 6) is 2.13. The molecule has 19 nitrogen and oxygen atoms in total. The number of benzene rings is 1. The summed E-state index contributed by atoms with van der Waals surface area (Å²) in [7, 11) is 0. The van der Waals surface area contributed by atoms with Crippen LogP contribution in [0.25, 0.3) is 0 Å². The number of alkyl carbamates (subject to hydrolysis) is 5. The van der Waals surface area contributed by atoms with Crippen molar-refractivity contribution in [2.75, 3.05) is 19.8 Å².